The molecule has 0 amide bonds. The zero-order valence-corrected chi connectivity index (χ0v) is 12.1. The van der Waals surface area contributed by atoms with E-state index in [2.05, 4.69) is 10.2 Å². The van der Waals surface area contributed by atoms with Crippen molar-refractivity contribution in [3.63, 3.8) is 0 Å². The minimum atomic E-state index is -0.568. The molecule has 0 aliphatic carbocycles. The molecule has 0 unspecified atom stereocenters. The highest BCUT2D eigenvalue weighted by Gasteiger charge is 2.10. The lowest BCUT2D eigenvalue weighted by Crippen LogP contribution is -2.18. The Kier molecular flexibility index (Phi) is 4.54. The maximum atomic E-state index is 9.91. The van der Waals surface area contributed by atoms with Crippen LogP contribution in [-0.2, 0) is 11.3 Å². The summed E-state index contributed by atoms with van der Waals surface area (Å²) in [5.74, 6) is 1.24. The van der Waals surface area contributed by atoms with Gasteiger partial charge in [0.05, 0.1) is 19.0 Å². The molecule has 110 valence electrons. The van der Waals surface area contributed by atoms with Crippen LogP contribution in [-0.4, -0.2) is 38.2 Å². The van der Waals surface area contributed by atoms with Gasteiger partial charge in [-0.25, -0.2) is 0 Å². The van der Waals surface area contributed by atoms with Crippen LogP contribution in [0.3, 0.4) is 0 Å². The predicted octanol–water partition coefficient (Wildman–Crippen LogP) is 1.99. The lowest BCUT2D eigenvalue weighted by molar-refractivity contribution is 0.0328. The van der Waals surface area contributed by atoms with Crippen molar-refractivity contribution in [2.45, 2.75) is 17.9 Å². The zero-order valence-electron chi connectivity index (χ0n) is 11.3. The van der Waals surface area contributed by atoms with E-state index in [4.69, 9.17) is 9.15 Å². The molecule has 3 rings (SSSR count). The first-order valence-electron chi connectivity index (χ1n) is 6.53. The lowest BCUT2D eigenvalue weighted by Gasteiger charge is -2.09. The molecule has 3 aromatic rings. The molecule has 0 radical (unpaired) electrons. The molecule has 1 atom stereocenters. The molecule has 0 aliphatic rings. The van der Waals surface area contributed by atoms with E-state index in [0.29, 0.717) is 12.4 Å². The summed E-state index contributed by atoms with van der Waals surface area (Å²) < 4.78 is 12.4. The summed E-state index contributed by atoms with van der Waals surface area (Å²) in [7, 11) is 0. The van der Waals surface area contributed by atoms with E-state index in [1.54, 1.807) is 12.3 Å². The smallest absolute Gasteiger partial charge is 0.195 e. The highest BCUT2D eigenvalue weighted by Crippen LogP contribution is 2.17. The molecule has 0 saturated carbocycles. The fourth-order valence-corrected chi connectivity index (χ4v) is 2.66. The lowest BCUT2D eigenvalue weighted by atomic mass is 10.4. The molecule has 1 N–H and O–H groups in total. The van der Waals surface area contributed by atoms with Gasteiger partial charge in [0.1, 0.15) is 12.4 Å². The van der Waals surface area contributed by atoms with E-state index in [-0.39, 0.29) is 6.61 Å². The van der Waals surface area contributed by atoms with E-state index in [9.17, 15) is 5.11 Å². The third-order valence-corrected chi connectivity index (χ3v) is 3.91. The van der Waals surface area contributed by atoms with E-state index in [1.807, 2.05) is 34.9 Å². The molecule has 0 bridgehead atoms. The van der Waals surface area contributed by atoms with Crippen molar-refractivity contribution in [3.8, 4) is 0 Å². The van der Waals surface area contributed by atoms with E-state index >= 15 is 0 Å². The molecule has 3 aromatic heterocycles. The van der Waals surface area contributed by atoms with Gasteiger partial charge < -0.3 is 14.3 Å². The van der Waals surface area contributed by atoms with Crippen molar-refractivity contribution < 1.29 is 14.3 Å². The standard InChI is InChI=1S/C14H15N3O3S/c18-11(8-19-9-12-4-3-7-20-12)10-21-14-16-15-13-5-1-2-6-17(13)14/h1-7,11,18H,8-10H2/t11-/m0/s1. The maximum absolute atomic E-state index is 9.91. The van der Waals surface area contributed by atoms with Crippen molar-refractivity contribution in [1.82, 2.24) is 14.6 Å². The summed E-state index contributed by atoms with van der Waals surface area (Å²) >= 11 is 1.45. The normalized spacial score (nSPS) is 12.8. The quantitative estimate of drug-likeness (QED) is 0.673. The number of aromatic nitrogens is 3. The molecule has 3 heterocycles. The number of fused-ring (bicyclic) bond motifs is 1. The molecule has 7 heteroatoms. The third kappa shape index (κ3) is 3.63. The molecular formula is C14H15N3O3S. The first kappa shape index (κ1) is 14.1. The largest absolute Gasteiger partial charge is 0.467 e. The average molecular weight is 305 g/mol. The van der Waals surface area contributed by atoms with Crippen molar-refractivity contribution in [1.29, 1.82) is 0 Å². The van der Waals surface area contributed by atoms with E-state index in [1.165, 1.54) is 11.8 Å². The maximum Gasteiger partial charge on any atom is 0.195 e. The van der Waals surface area contributed by atoms with Crippen LogP contribution in [0.5, 0.6) is 0 Å². The van der Waals surface area contributed by atoms with Gasteiger partial charge >= 0.3 is 0 Å². The second kappa shape index (κ2) is 6.75. The number of pyridine rings is 1. The van der Waals surface area contributed by atoms with Gasteiger partial charge in [-0.3, -0.25) is 4.40 Å². The molecule has 21 heavy (non-hydrogen) atoms. The number of rotatable bonds is 7. The summed E-state index contributed by atoms with van der Waals surface area (Å²) in [4.78, 5) is 0. The Labute approximate surface area is 125 Å². The summed E-state index contributed by atoms with van der Waals surface area (Å²) in [5.41, 5.74) is 0.795. The van der Waals surface area contributed by atoms with Gasteiger partial charge in [0.2, 0.25) is 0 Å². The highest BCUT2D eigenvalue weighted by atomic mass is 32.2. The fraction of sp³-hybridized carbons (Fsp3) is 0.286. The molecule has 0 aliphatic heterocycles. The minimum absolute atomic E-state index is 0.254. The van der Waals surface area contributed by atoms with Crippen LogP contribution in [0.1, 0.15) is 5.76 Å². The van der Waals surface area contributed by atoms with Crippen molar-refractivity contribution in [2.24, 2.45) is 0 Å². The van der Waals surface area contributed by atoms with Crippen LogP contribution >= 0.6 is 11.8 Å². The number of aliphatic hydroxyl groups is 1. The molecule has 0 fully saturated rings. The Hall–Kier alpha value is -1.83. The van der Waals surface area contributed by atoms with Crippen LogP contribution < -0.4 is 0 Å². The minimum Gasteiger partial charge on any atom is -0.467 e. The van der Waals surface area contributed by atoms with Crippen LogP contribution in [0.4, 0.5) is 0 Å². The number of nitrogens with zero attached hydrogens (tertiary/aromatic N) is 3. The van der Waals surface area contributed by atoms with Gasteiger partial charge in [0.25, 0.3) is 0 Å². The topological polar surface area (TPSA) is 72.8 Å². The number of thioether (sulfide) groups is 1. The Morgan fingerprint density at radius 2 is 2.24 bits per heavy atom. The fourth-order valence-electron chi connectivity index (χ4n) is 1.83. The molecule has 6 nitrogen and oxygen atoms in total. The summed E-state index contributed by atoms with van der Waals surface area (Å²) in [6.45, 7) is 0.618. The van der Waals surface area contributed by atoms with Crippen LogP contribution in [0.25, 0.3) is 5.65 Å². The van der Waals surface area contributed by atoms with Gasteiger partial charge in [-0.15, -0.1) is 10.2 Å². The van der Waals surface area contributed by atoms with Gasteiger partial charge in [-0.1, -0.05) is 17.8 Å². The van der Waals surface area contributed by atoms with Gasteiger partial charge in [-0.05, 0) is 24.3 Å². The summed E-state index contributed by atoms with van der Waals surface area (Å²) in [6, 6.07) is 9.36. The predicted molar refractivity (Wildman–Crippen MR) is 78.1 cm³/mol. The van der Waals surface area contributed by atoms with E-state index in [0.717, 1.165) is 16.6 Å². The van der Waals surface area contributed by atoms with Crippen LogP contribution in [0, 0.1) is 0 Å². The Morgan fingerprint density at radius 3 is 3.10 bits per heavy atom. The molecule has 0 aromatic carbocycles. The zero-order chi connectivity index (χ0) is 14.5. The average Bonchev–Trinajstić information content (AvgIpc) is 3.14. The molecule has 0 spiro atoms. The number of aliphatic hydroxyl groups excluding tert-OH is 1. The SMILES string of the molecule is O[C@@H](COCc1ccco1)CSc1nnc2ccccn12. The first-order chi connectivity index (χ1) is 10.3. The third-order valence-electron chi connectivity index (χ3n) is 2.82. The van der Waals surface area contributed by atoms with E-state index < -0.39 is 6.10 Å². The second-order valence-electron chi connectivity index (χ2n) is 4.47. The second-order valence-corrected chi connectivity index (χ2v) is 5.46. The number of hydrogen-bond acceptors (Lipinski definition) is 6. The summed E-state index contributed by atoms with van der Waals surface area (Å²) in [5, 5.41) is 18.8. The molecular weight excluding hydrogens is 290 g/mol. The Bertz CT molecular complexity index is 684. The highest BCUT2D eigenvalue weighted by molar-refractivity contribution is 7.99. The van der Waals surface area contributed by atoms with Crippen LogP contribution in [0.15, 0.2) is 52.4 Å². The van der Waals surface area contributed by atoms with Crippen LogP contribution in [0.2, 0.25) is 0 Å². The van der Waals surface area contributed by atoms with Crippen molar-refractivity contribution >= 4 is 17.4 Å². The molecule has 0 saturated heterocycles. The number of ether oxygens (including phenoxy) is 1. The Balaban J connectivity index is 1.46. The van der Waals surface area contributed by atoms with Crippen molar-refractivity contribution in [2.75, 3.05) is 12.4 Å². The number of hydrogen-bond donors (Lipinski definition) is 1. The number of furan rings is 1. The van der Waals surface area contributed by atoms with Gasteiger partial charge in [0, 0.05) is 11.9 Å². The monoisotopic (exact) mass is 305 g/mol. The Morgan fingerprint density at radius 1 is 1.29 bits per heavy atom. The van der Waals surface area contributed by atoms with Gasteiger partial charge in [-0.2, -0.15) is 0 Å². The summed E-state index contributed by atoms with van der Waals surface area (Å²) in [6.07, 6.45) is 2.93. The van der Waals surface area contributed by atoms with Crippen molar-refractivity contribution in [3.05, 3.63) is 48.6 Å². The van der Waals surface area contributed by atoms with Gasteiger partial charge in [0.15, 0.2) is 10.8 Å². The first-order valence-corrected chi connectivity index (χ1v) is 7.52.